The zero-order valence-corrected chi connectivity index (χ0v) is 13.1. The second-order valence-corrected chi connectivity index (χ2v) is 5.84. The quantitative estimate of drug-likeness (QED) is 0.756. The van der Waals surface area contributed by atoms with E-state index in [0.717, 1.165) is 5.56 Å². The zero-order valence-electron chi connectivity index (χ0n) is 12.3. The Morgan fingerprint density at radius 2 is 1.91 bits per heavy atom. The summed E-state index contributed by atoms with van der Waals surface area (Å²) in [6.07, 6.45) is 1.45. The van der Waals surface area contributed by atoms with Crippen LogP contribution in [0.25, 0.3) is 0 Å². The van der Waals surface area contributed by atoms with Crippen LogP contribution in [0.1, 0.15) is 25.8 Å². The second-order valence-electron chi connectivity index (χ2n) is 4.89. The molecule has 0 radical (unpaired) electrons. The van der Waals surface area contributed by atoms with Crippen molar-refractivity contribution in [2.24, 2.45) is 0 Å². The molecule has 0 fully saturated rings. The summed E-state index contributed by atoms with van der Waals surface area (Å²) in [6.45, 7) is 1.86. The maximum atomic E-state index is 12.0. The van der Waals surface area contributed by atoms with Gasteiger partial charge in [-0.05, 0) is 54.3 Å². The lowest BCUT2D eigenvalue weighted by Gasteiger charge is -2.10. The highest BCUT2D eigenvalue weighted by atomic mass is 32.1. The molecule has 0 aliphatic heterocycles. The molecule has 0 saturated carbocycles. The summed E-state index contributed by atoms with van der Waals surface area (Å²) >= 11 is 1.39. The van der Waals surface area contributed by atoms with Crippen molar-refractivity contribution in [2.45, 2.75) is 6.92 Å². The molecule has 0 saturated heterocycles. The van der Waals surface area contributed by atoms with Gasteiger partial charge in [0.1, 0.15) is 0 Å². The summed E-state index contributed by atoms with van der Waals surface area (Å²) in [4.78, 5) is 24.6. The number of carbonyl (C=O) groups excluding carboxylic acids is 2. The van der Waals surface area contributed by atoms with Gasteiger partial charge in [0.25, 0.3) is 11.8 Å². The van der Waals surface area contributed by atoms with Crippen LogP contribution in [0.5, 0.6) is 0 Å². The minimum atomic E-state index is -0.312. The van der Waals surface area contributed by atoms with Crippen molar-refractivity contribution in [3.63, 3.8) is 0 Å². The molecule has 116 valence electrons. The molecule has 2 amide bonds. The molecule has 2 heterocycles. The smallest absolute Gasteiger partial charge is 0.291 e. The maximum Gasteiger partial charge on any atom is 0.291 e. The van der Waals surface area contributed by atoms with Crippen LogP contribution in [-0.2, 0) is 0 Å². The third kappa shape index (κ3) is 3.49. The minimum Gasteiger partial charge on any atom is -0.459 e. The number of nitrogens with one attached hydrogen (secondary N) is 2. The van der Waals surface area contributed by atoms with Crippen LogP contribution in [0.15, 0.2) is 58.5 Å². The number of thiophene rings is 1. The highest BCUT2D eigenvalue weighted by molar-refractivity contribution is 7.12. The Hall–Kier alpha value is -2.86. The molecule has 0 aliphatic carbocycles. The van der Waals surface area contributed by atoms with Crippen LogP contribution >= 0.6 is 11.3 Å². The summed E-state index contributed by atoms with van der Waals surface area (Å²) in [5.41, 5.74) is 2.19. The average Bonchev–Trinajstić information content (AvgIpc) is 3.23. The lowest BCUT2D eigenvalue weighted by Crippen LogP contribution is -2.13. The second kappa shape index (κ2) is 6.50. The summed E-state index contributed by atoms with van der Waals surface area (Å²) in [6, 6.07) is 12.2. The average molecular weight is 326 g/mol. The van der Waals surface area contributed by atoms with Crippen LogP contribution in [0.3, 0.4) is 0 Å². The summed E-state index contributed by atoms with van der Waals surface area (Å²) in [7, 11) is 0. The molecule has 0 aliphatic rings. The number of rotatable bonds is 4. The van der Waals surface area contributed by atoms with Crippen LogP contribution in [0.4, 0.5) is 11.4 Å². The fourth-order valence-electron chi connectivity index (χ4n) is 2.07. The fraction of sp³-hybridized carbons (Fsp3) is 0.0588. The fourth-order valence-corrected chi connectivity index (χ4v) is 2.69. The molecule has 6 heteroatoms. The molecule has 3 rings (SSSR count). The number of hydrogen-bond acceptors (Lipinski definition) is 4. The van der Waals surface area contributed by atoms with Crippen LogP contribution in [-0.4, -0.2) is 11.8 Å². The summed E-state index contributed by atoms with van der Waals surface area (Å²) < 4.78 is 5.06. The largest absolute Gasteiger partial charge is 0.459 e. The van der Waals surface area contributed by atoms with Gasteiger partial charge in [-0.2, -0.15) is 0 Å². The van der Waals surface area contributed by atoms with E-state index < -0.39 is 0 Å². The molecule has 1 aromatic carbocycles. The maximum absolute atomic E-state index is 12.0. The SMILES string of the molecule is Cc1cc(NC(=O)c2cccs2)ccc1NC(=O)c1ccco1. The van der Waals surface area contributed by atoms with E-state index in [2.05, 4.69) is 10.6 Å². The molecule has 5 nitrogen and oxygen atoms in total. The van der Waals surface area contributed by atoms with E-state index in [4.69, 9.17) is 4.42 Å². The molecule has 0 bridgehead atoms. The third-order valence-corrected chi connectivity index (χ3v) is 4.09. The number of benzene rings is 1. The lowest BCUT2D eigenvalue weighted by molar-refractivity contribution is 0.0994. The first-order chi connectivity index (χ1) is 11.1. The van der Waals surface area contributed by atoms with E-state index in [9.17, 15) is 9.59 Å². The van der Waals surface area contributed by atoms with Gasteiger partial charge < -0.3 is 15.1 Å². The van der Waals surface area contributed by atoms with Gasteiger partial charge in [0, 0.05) is 11.4 Å². The van der Waals surface area contributed by atoms with Gasteiger partial charge in [0.05, 0.1) is 11.1 Å². The zero-order chi connectivity index (χ0) is 16.2. The molecular weight excluding hydrogens is 312 g/mol. The summed E-state index contributed by atoms with van der Waals surface area (Å²) in [5, 5.41) is 7.47. The van der Waals surface area contributed by atoms with E-state index in [-0.39, 0.29) is 17.6 Å². The Bertz CT molecular complexity index is 824. The molecule has 2 N–H and O–H groups in total. The Morgan fingerprint density at radius 1 is 1.04 bits per heavy atom. The van der Waals surface area contributed by atoms with Gasteiger partial charge in [-0.15, -0.1) is 11.3 Å². The number of amides is 2. The normalized spacial score (nSPS) is 10.3. The molecule has 0 atom stereocenters. The molecule has 0 unspecified atom stereocenters. The van der Waals surface area contributed by atoms with Gasteiger partial charge in [0.15, 0.2) is 5.76 Å². The molecule has 3 aromatic rings. The van der Waals surface area contributed by atoms with Gasteiger partial charge in [0.2, 0.25) is 0 Å². The monoisotopic (exact) mass is 326 g/mol. The number of furan rings is 1. The van der Waals surface area contributed by atoms with E-state index in [1.165, 1.54) is 17.6 Å². The molecule has 2 aromatic heterocycles. The van der Waals surface area contributed by atoms with Crippen molar-refractivity contribution in [1.82, 2.24) is 0 Å². The topological polar surface area (TPSA) is 71.3 Å². The molecule has 23 heavy (non-hydrogen) atoms. The summed E-state index contributed by atoms with van der Waals surface area (Å²) in [5.74, 6) is -0.209. The number of carbonyl (C=O) groups is 2. The highest BCUT2D eigenvalue weighted by Crippen LogP contribution is 2.21. The van der Waals surface area contributed by atoms with Gasteiger partial charge in [-0.3, -0.25) is 9.59 Å². The Kier molecular flexibility index (Phi) is 4.25. The van der Waals surface area contributed by atoms with Gasteiger partial charge in [-0.25, -0.2) is 0 Å². The van der Waals surface area contributed by atoms with Crippen molar-refractivity contribution < 1.29 is 14.0 Å². The number of hydrogen-bond donors (Lipinski definition) is 2. The lowest BCUT2D eigenvalue weighted by atomic mass is 10.1. The van der Waals surface area contributed by atoms with Crippen LogP contribution in [0, 0.1) is 6.92 Å². The standard InChI is InChI=1S/C17H14N2O3S/c1-11-10-12(18-17(21)15-5-3-9-23-15)6-7-13(11)19-16(20)14-4-2-8-22-14/h2-10H,1H3,(H,18,21)(H,19,20). The highest BCUT2D eigenvalue weighted by Gasteiger charge is 2.11. The van der Waals surface area contributed by atoms with E-state index in [0.29, 0.717) is 16.3 Å². The molecule has 0 spiro atoms. The van der Waals surface area contributed by atoms with Crippen molar-refractivity contribution in [3.05, 3.63) is 70.3 Å². The van der Waals surface area contributed by atoms with Crippen LogP contribution < -0.4 is 10.6 Å². The predicted molar refractivity (Wildman–Crippen MR) is 90.1 cm³/mol. The van der Waals surface area contributed by atoms with Crippen molar-refractivity contribution in [2.75, 3.05) is 10.6 Å². The first-order valence-electron chi connectivity index (χ1n) is 6.94. The predicted octanol–water partition coefficient (Wildman–Crippen LogP) is 4.15. The number of anilines is 2. The van der Waals surface area contributed by atoms with Crippen molar-refractivity contribution in [3.8, 4) is 0 Å². The van der Waals surface area contributed by atoms with Crippen molar-refractivity contribution in [1.29, 1.82) is 0 Å². The van der Waals surface area contributed by atoms with E-state index >= 15 is 0 Å². The van der Waals surface area contributed by atoms with Crippen LogP contribution in [0.2, 0.25) is 0 Å². The Balaban J connectivity index is 1.71. The van der Waals surface area contributed by atoms with E-state index in [1.54, 1.807) is 30.3 Å². The minimum absolute atomic E-state index is 0.147. The molecular formula is C17H14N2O3S. The third-order valence-electron chi connectivity index (χ3n) is 3.22. The first-order valence-corrected chi connectivity index (χ1v) is 7.82. The van der Waals surface area contributed by atoms with E-state index in [1.807, 2.05) is 24.4 Å². The Labute approximate surface area is 136 Å². The number of aryl methyl sites for hydroxylation is 1. The van der Waals surface area contributed by atoms with Crippen molar-refractivity contribution >= 4 is 34.5 Å². The first kappa shape index (κ1) is 15.1. The Morgan fingerprint density at radius 3 is 2.57 bits per heavy atom. The van der Waals surface area contributed by atoms with Gasteiger partial charge >= 0.3 is 0 Å². The van der Waals surface area contributed by atoms with Gasteiger partial charge in [-0.1, -0.05) is 6.07 Å².